The third-order valence-corrected chi connectivity index (χ3v) is 3.58. The highest BCUT2D eigenvalue weighted by Crippen LogP contribution is 2.20. The molecule has 0 aliphatic rings. The first-order valence-electron chi connectivity index (χ1n) is 6.71. The predicted molar refractivity (Wildman–Crippen MR) is 93.1 cm³/mol. The van der Waals surface area contributed by atoms with Gasteiger partial charge in [0.05, 0.1) is 12.1 Å². The van der Waals surface area contributed by atoms with Gasteiger partial charge in [-0.05, 0) is 23.6 Å². The lowest BCUT2D eigenvalue weighted by Crippen LogP contribution is -2.33. The van der Waals surface area contributed by atoms with Crippen LogP contribution in [0.1, 0.15) is 5.56 Å². The Hall–Kier alpha value is -1.82. The van der Waals surface area contributed by atoms with Crippen LogP contribution in [0.3, 0.4) is 0 Å². The maximum absolute atomic E-state index is 12.1. The molecule has 0 aliphatic heterocycles. The number of nitrogens with two attached hydrogens (primary N) is 1. The standard InChI is InChI=1S/C16H17ClN2O3.ClH/c1-19-9-12(17)8-13(15(19)20)11-5-3-10(4-6-11)7-14(18)16(21)22-2;/h3-6,8-9,14H,7,18H2,1-2H3;1H. The summed E-state index contributed by atoms with van der Waals surface area (Å²) in [6.07, 6.45) is 1.94. The number of nitrogens with zero attached hydrogens (tertiary/aromatic N) is 1. The van der Waals surface area contributed by atoms with E-state index in [4.69, 9.17) is 17.3 Å². The molecule has 0 spiro atoms. The van der Waals surface area contributed by atoms with Crippen molar-refractivity contribution in [3.05, 3.63) is 57.5 Å². The summed E-state index contributed by atoms with van der Waals surface area (Å²) in [5.74, 6) is -0.451. The molecule has 0 bridgehead atoms. The zero-order valence-electron chi connectivity index (χ0n) is 12.8. The quantitative estimate of drug-likeness (QED) is 0.851. The van der Waals surface area contributed by atoms with E-state index in [9.17, 15) is 9.59 Å². The Balaban J connectivity index is 0.00000264. The predicted octanol–water partition coefficient (Wildman–Crippen LogP) is 2.17. The van der Waals surface area contributed by atoms with Crippen molar-refractivity contribution in [2.45, 2.75) is 12.5 Å². The zero-order valence-corrected chi connectivity index (χ0v) is 14.4. The lowest BCUT2D eigenvalue weighted by Gasteiger charge is -2.10. The first-order chi connectivity index (χ1) is 10.4. The summed E-state index contributed by atoms with van der Waals surface area (Å²) in [6, 6.07) is 8.23. The number of carbonyl (C=O) groups excluding carboxylic acids is 1. The van der Waals surface area contributed by atoms with Crippen LogP contribution in [-0.4, -0.2) is 23.7 Å². The van der Waals surface area contributed by atoms with Gasteiger partial charge in [-0.1, -0.05) is 35.9 Å². The summed E-state index contributed by atoms with van der Waals surface area (Å²) >= 11 is 6.00. The minimum absolute atomic E-state index is 0. The number of carbonyl (C=O) groups is 1. The summed E-state index contributed by atoms with van der Waals surface area (Å²) < 4.78 is 6.04. The molecular formula is C16H18Cl2N2O3. The van der Waals surface area contributed by atoms with E-state index >= 15 is 0 Å². The van der Waals surface area contributed by atoms with Crippen molar-refractivity contribution in [2.24, 2.45) is 12.8 Å². The summed E-state index contributed by atoms with van der Waals surface area (Å²) in [5.41, 5.74) is 7.78. The van der Waals surface area contributed by atoms with Gasteiger partial charge in [0.15, 0.2) is 0 Å². The fraction of sp³-hybridized carbons (Fsp3) is 0.250. The van der Waals surface area contributed by atoms with Crippen LogP contribution in [-0.2, 0) is 23.0 Å². The average molecular weight is 357 g/mol. The Morgan fingerprint density at radius 3 is 2.52 bits per heavy atom. The molecule has 0 radical (unpaired) electrons. The SMILES string of the molecule is COC(=O)C(N)Cc1ccc(-c2cc(Cl)cn(C)c2=O)cc1.Cl. The molecule has 1 atom stereocenters. The fourth-order valence-electron chi connectivity index (χ4n) is 2.19. The second-order valence-electron chi connectivity index (χ2n) is 5.02. The Kier molecular flexibility index (Phi) is 6.81. The summed E-state index contributed by atoms with van der Waals surface area (Å²) in [7, 11) is 2.96. The molecule has 0 saturated heterocycles. The molecule has 0 saturated carbocycles. The highest BCUT2D eigenvalue weighted by Gasteiger charge is 2.14. The van der Waals surface area contributed by atoms with E-state index in [0.717, 1.165) is 11.1 Å². The van der Waals surface area contributed by atoms with Gasteiger partial charge in [0, 0.05) is 18.8 Å². The van der Waals surface area contributed by atoms with Crippen molar-refractivity contribution < 1.29 is 9.53 Å². The van der Waals surface area contributed by atoms with Crippen molar-refractivity contribution in [3.63, 3.8) is 0 Å². The number of esters is 1. The van der Waals surface area contributed by atoms with Gasteiger partial charge < -0.3 is 15.0 Å². The lowest BCUT2D eigenvalue weighted by molar-refractivity contribution is -0.142. The summed E-state index contributed by atoms with van der Waals surface area (Å²) in [5, 5.41) is 0.494. The maximum Gasteiger partial charge on any atom is 0.322 e. The van der Waals surface area contributed by atoms with Crippen molar-refractivity contribution in [1.82, 2.24) is 4.57 Å². The van der Waals surface area contributed by atoms with E-state index in [0.29, 0.717) is 17.0 Å². The van der Waals surface area contributed by atoms with Gasteiger partial charge in [-0.2, -0.15) is 0 Å². The first-order valence-corrected chi connectivity index (χ1v) is 7.09. The fourth-order valence-corrected chi connectivity index (χ4v) is 2.44. The van der Waals surface area contributed by atoms with Gasteiger partial charge in [0.1, 0.15) is 6.04 Å². The summed E-state index contributed by atoms with van der Waals surface area (Å²) in [4.78, 5) is 23.5. The third-order valence-electron chi connectivity index (χ3n) is 3.37. The number of methoxy groups -OCH3 is 1. The Morgan fingerprint density at radius 2 is 1.96 bits per heavy atom. The van der Waals surface area contributed by atoms with Crippen molar-refractivity contribution in [2.75, 3.05) is 7.11 Å². The number of hydrogen-bond acceptors (Lipinski definition) is 4. The largest absolute Gasteiger partial charge is 0.468 e. The monoisotopic (exact) mass is 356 g/mol. The first kappa shape index (κ1) is 19.2. The molecule has 5 nitrogen and oxygen atoms in total. The van der Waals surface area contributed by atoms with E-state index in [2.05, 4.69) is 4.74 Å². The molecule has 2 rings (SSSR count). The molecule has 0 amide bonds. The maximum atomic E-state index is 12.1. The zero-order chi connectivity index (χ0) is 16.3. The van der Waals surface area contributed by atoms with E-state index in [-0.39, 0.29) is 18.0 Å². The highest BCUT2D eigenvalue weighted by molar-refractivity contribution is 6.30. The molecule has 7 heteroatoms. The Morgan fingerprint density at radius 1 is 1.35 bits per heavy atom. The topological polar surface area (TPSA) is 74.3 Å². The van der Waals surface area contributed by atoms with Crippen LogP contribution in [0.4, 0.5) is 0 Å². The minimum Gasteiger partial charge on any atom is -0.468 e. The van der Waals surface area contributed by atoms with E-state index in [1.165, 1.54) is 11.7 Å². The molecule has 1 heterocycles. The Bertz CT molecular complexity index is 742. The minimum atomic E-state index is -0.699. The summed E-state index contributed by atoms with van der Waals surface area (Å²) in [6.45, 7) is 0. The smallest absolute Gasteiger partial charge is 0.322 e. The van der Waals surface area contributed by atoms with E-state index < -0.39 is 12.0 Å². The molecular weight excluding hydrogens is 339 g/mol. The van der Waals surface area contributed by atoms with Gasteiger partial charge >= 0.3 is 5.97 Å². The van der Waals surface area contributed by atoms with E-state index in [1.807, 2.05) is 24.3 Å². The number of benzene rings is 1. The third kappa shape index (κ3) is 4.58. The molecule has 1 aromatic carbocycles. The molecule has 23 heavy (non-hydrogen) atoms. The Labute approximate surface area is 145 Å². The molecule has 1 aromatic heterocycles. The van der Waals surface area contributed by atoms with Gasteiger partial charge in [-0.25, -0.2) is 0 Å². The molecule has 0 fully saturated rings. The van der Waals surface area contributed by atoms with E-state index in [1.54, 1.807) is 19.3 Å². The van der Waals surface area contributed by atoms with Crippen LogP contribution in [0.15, 0.2) is 41.3 Å². The van der Waals surface area contributed by atoms with Gasteiger partial charge in [0.25, 0.3) is 5.56 Å². The molecule has 2 aromatic rings. The number of ether oxygens (including phenoxy) is 1. The van der Waals surface area contributed by atoms with Gasteiger partial charge in [-0.15, -0.1) is 12.4 Å². The number of rotatable bonds is 4. The normalized spacial score (nSPS) is 11.5. The van der Waals surface area contributed by atoms with Crippen LogP contribution < -0.4 is 11.3 Å². The number of aromatic nitrogens is 1. The van der Waals surface area contributed by atoms with Crippen LogP contribution in [0.25, 0.3) is 11.1 Å². The second-order valence-corrected chi connectivity index (χ2v) is 5.46. The van der Waals surface area contributed by atoms with Crippen molar-refractivity contribution in [1.29, 1.82) is 0 Å². The number of halogens is 2. The molecule has 2 N–H and O–H groups in total. The van der Waals surface area contributed by atoms with Crippen molar-refractivity contribution in [3.8, 4) is 11.1 Å². The van der Waals surface area contributed by atoms with Gasteiger partial charge in [-0.3, -0.25) is 9.59 Å². The van der Waals surface area contributed by atoms with Crippen LogP contribution in [0.5, 0.6) is 0 Å². The molecule has 1 unspecified atom stereocenters. The van der Waals surface area contributed by atoms with Crippen molar-refractivity contribution >= 4 is 30.0 Å². The second kappa shape index (κ2) is 8.15. The van der Waals surface area contributed by atoms with Gasteiger partial charge in [0.2, 0.25) is 0 Å². The average Bonchev–Trinajstić information content (AvgIpc) is 2.50. The highest BCUT2D eigenvalue weighted by atomic mass is 35.5. The number of hydrogen-bond donors (Lipinski definition) is 1. The van der Waals surface area contributed by atoms with Crippen LogP contribution in [0.2, 0.25) is 5.02 Å². The molecule has 124 valence electrons. The van der Waals surface area contributed by atoms with Crippen LogP contribution in [0, 0.1) is 0 Å². The number of aryl methyl sites for hydroxylation is 1. The molecule has 0 aliphatic carbocycles. The lowest BCUT2D eigenvalue weighted by atomic mass is 10.0. The van der Waals surface area contributed by atoms with Crippen LogP contribution >= 0.6 is 24.0 Å². The number of pyridine rings is 1.